The fourth-order valence-corrected chi connectivity index (χ4v) is 2.96. The fourth-order valence-electron chi connectivity index (χ4n) is 2.96. The van der Waals surface area contributed by atoms with Gasteiger partial charge in [0.25, 0.3) is 0 Å². The van der Waals surface area contributed by atoms with Crippen LogP contribution >= 0.6 is 0 Å². The SMILES string of the molecule is Cc1ccc(CC(=O)CCCc2ccc(-c3ccccc3F)cc2)cn1. The molecule has 3 rings (SSSR count). The zero-order valence-corrected chi connectivity index (χ0v) is 14.9. The van der Waals surface area contributed by atoms with Crippen molar-refractivity contribution < 1.29 is 9.18 Å². The Hall–Kier alpha value is -2.81. The molecule has 132 valence electrons. The van der Waals surface area contributed by atoms with Crippen LogP contribution in [-0.4, -0.2) is 10.8 Å². The summed E-state index contributed by atoms with van der Waals surface area (Å²) >= 11 is 0. The van der Waals surface area contributed by atoms with Crippen LogP contribution in [0.5, 0.6) is 0 Å². The quantitative estimate of drug-likeness (QED) is 0.578. The van der Waals surface area contributed by atoms with Crippen LogP contribution in [0.25, 0.3) is 11.1 Å². The largest absolute Gasteiger partial charge is 0.299 e. The van der Waals surface area contributed by atoms with Gasteiger partial charge in [-0.1, -0.05) is 48.5 Å². The molecule has 0 saturated heterocycles. The van der Waals surface area contributed by atoms with Crippen LogP contribution in [0.15, 0.2) is 66.9 Å². The number of pyridine rings is 1. The van der Waals surface area contributed by atoms with Crippen LogP contribution in [0.4, 0.5) is 4.39 Å². The maximum absolute atomic E-state index is 13.8. The average molecular weight is 347 g/mol. The lowest BCUT2D eigenvalue weighted by atomic mass is 10.00. The Kier molecular flexibility index (Phi) is 5.90. The molecule has 1 heterocycles. The molecule has 2 nitrogen and oxygen atoms in total. The Labute approximate surface area is 153 Å². The molecular weight excluding hydrogens is 325 g/mol. The molecule has 0 amide bonds. The van der Waals surface area contributed by atoms with E-state index in [1.54, 1.807) is 18.3 Å². The number of halogens is 1. The maximum atomic E-state index is 13.8. The predicted molar refractivity (Wildman–Crippen MR) is 102 cm³/mol. The molecule has 3 aromatic rings. The Balaban J connectivity index is 1.50. The first-order valence-corrected chi connectivity index (χ1v) is 8.89. The van der Waals surface area contributed by atoms with Crippen molar-refractivity contribution in [3.8, 4) is 11.1 Å². The minimum Gasteiger partial charge on any atom is -0.299 e. The van der Waals surface area contributed by atoms with E-state index in [0.29, 0.717) is 18.4 Å². The second kappa shape index (κ2) is 8.52. The van der Waals surface area contributed by atoms with Gasteiger partial charge >= 0.3 is 0 Å². The van der Waals surface area contributed by atoms with Crippen LogP contribution in [0.3, 0.4) is 0 Å². The molecule has 26 heavy (non-hydrogen) atoms. The lowest BCUT2D eigenvalue weighted by Gasteiger charge is -2.06. The molecule has 0 bridgehead atoms. The Morgan fingerprint density at radius 1 is 0.962 bits per heavy atom. The second-order valence-corrected chi connectivity index (χ2v) is 6.55. The van der Waals surface area contributed by atoms with E-state index in [-0.39, 0.29) is 11.6 Å². The van der Waals surface area contributed by atoms with Crippen LogP contribution in [0.2, 0.25) is 0 Å². The predicted octanol–water partition coefficient (Wildman–Crippen LogP) is 5.33. The molecule has 0 unspecified atom stereocenters. The normalized spacial score (nSPS) is 10.7. The van der Waals surface area contributed by atoms with Crippen molar-refractivity contribution in [2.24, 2.45) is 0 Å². The average Bonchev–Trinajstić information content (AvgIpc) is 2.65. The van der Waals surface area contributed by atoms with E-state index in [4.69, 9.17) is 0 Å². The number of hydrogen-bond acceptors (Lipinski definition) is 2. The number of hydrogen-bond donors (Lipinski definition) is 0. The van der Waals surface area contributed by atoms with Crippen LogP contribution in [-0.2, 0) is 17.6 Å². The first kappa shape index (κ1) is 18.0. The number of carbonyl (C=O) groups is 1. The van der Waals surface area contributed by atoms with E-state index < -0.39 is 0 Å². The van der Waals surface area contributed by atoms with Crippen molar-refractivity contribution in [1.29, 1.82) is 0 Å². The van der Waals surface area contributed by atoms with Gasteiger partial charge in [-0.3, -0.25) is 9.78 Å². The van der Waals surface area contributed by atoms with Gasteiger partial charge < -0.3 is 0 Å². The third-order valence-corrected chi connectivity index (χ3v) is 4.43. The highest BCUT2D eigenvalue weighted by molar-refractivity contribution is 5.80. The van der Waals surface area contributed by atoms with Crippen LogP contribution < -0.4 is 0 Å². The molecule has 1 aromatic heterocycles. The number of carbonyl (C=O) groups excluding carboxylic acids is 1. The molecule has 0 saturated carbocycles. The number of Topliss-reactive ketones (excluding diaryl/α,β-unsaturated/α-hetero) is 1. The molecule has 0 aliphatic rings. The Morgan fingerprint density at radius 3 is 2.38 bits per heavy atom. The molecule has 0 radical (unpaired) electrons. The molecule has 3 heteroatoms. The molecular formula is C23H22FNO. The molecule has 0 aliphatic carbocycles. The monoisotopic (exact) mass is 347 g/mol. The van der Waals surface area contributed by atoms with Gasteiger partial charge in [-0.15, -0.1) is 0 Å². The molecule has 2 aromatic carbocycles. The summed E-state index contributed by atoms with van der Waals surface area (Å²) in [4.78, 5) is 16.3. The van der Waals surface area contributed by atoms with E-state index in [9.17, 15) is 9.18 Å². The minimum atomic E-state index is -0.212. The van der Waals surface area contributed by atoms with E-state index in [0.717, 1.165) is 35.2 Å². The first-order valence-electron chi connectivity index (χ1n) is 8.89. The summed E-state index contributed by atoms with van der Waals surface area (Å²) in [5, 5.41) is 0. The van der Waals surface area contributed by atoms with Crippen LogP contribution in [0, 0.1) is 12.7 Å². The number of aromatic nitrogens is 1. The van der Waals surface area contributed by atoms with Crippen molar-refractivity contribution in [1.82, 2.24) is 4.98 Å². The summed E-state index contributed by atoms with van der Waals surface area (Å²) in [6, 6.07) is 18.6. The highest BCUT2D eigenvalue weighted by Crippen LogP contribution is 2.23. The smallest absolute Gasteiger partial charge is 0.137 e. The van der Waals surface area contributed by atoms with Gasteiger partial charge in [-0.25, -0.2) is 4.39 Å². The van der Waals surface area contributed by atoms with E-state index >= 15 is 0 Å². The molecule has 0 fully saturated rings. The highest BCUT2D eigenvalue weighted by atomic mass is 19.1. The van der Waals surface area contributed by atoms with Crippen molar-refractivity contribution in [2.45, 2.75) is 32.6 Å². The van der Waals surface area contributed by atoms with Gasteiger partial charge in [-0.2, -0.15) is 0 Å². The summed E-state index contributed by atoms with van der Waals surface area (Å²) in [6.07, 6.45) is 4.43. The molecule has 0 N–H and O–H groups in total. The van der Waals surface area contributed by atoms with Crippen molar-refractivity contribution >= 4 is 5.78 Å². The summed E-state index contributed by atoms with van der Waals surface area (Å²) < 4.78 is 13.8. The van der Waals surface area contributed by atoms with Crippen molar-refractivity contribution in [3.63, 3.8) is 0 Å². The molecule has 0 aliphatic heterocycles. The second-order valence-electron chi connectivity index (χ2n) is 6.55. The topological polar surface area (TPSA) is 30.0 Å². The zero-order valence-electron chi connectivity index (χ0n) is 14.9. The summed E-state index contributed by atoms with van der Waals surface area (Å²) in [5.74, 6) is 0.0232. The fraction of sp³-hybridized carbons (Fsp3) is 0.217. The van der Waals surface area contributed by atoms with E-state index in [1.165, 1.54) is 6.07 Å². The highest BCUT2D eigenvalue weighted by Gasteiger charge is 2.06. The number of benzene rings is 2. The maximum Gasteiger partial charge on any atom is 0.137 e. The zero-order chi connectivity index (χ0) is 18.4. The molecule has 0 spiro atoms. The van der Waals surface area contributed by atoms with Gasteiger partial charge in [0.2, 0.25) is 0 Å². The molecule has 0 atom stereocenters. The lowest BCUT2D eigenvalue weighted by molar-refractivity contribution is -0.118. The van der Waals surface area contributed by atoms with E-state index in [2.05, 4.69) is 4.98 Å². The Morgan fingerprint density at radius 2 is 1.69 bits per heavy atom. The number of ketones is 1. The van der Waals surface area contributed by atoms with Gasteiger partial charge in [0, 0.05) is 30.3 Å². The third kappa shape index (κ3) is 4.85. The third-order valence-electron chi connectivity index (χ3n) is 4.43. The summed E-state index contributed by atoms with van der Waals surface area (Å²) in [7, 11) is 0. The van der Waals surface area contributed by atoms with Crippen molar-refractivity contribution in [3.05, 3.63) is 89.5 Å². The number of nitrogens with zero attached hydrogens (tertiary/aromatic N) is 1. The first-order chi connectivity index (χ1) is 12.6. The standard InChI is InChI=1S/C23H22FNO/c1-17-9-10-19(16-25-17)15-21(26)6-4-5-18-11-13-20(14-12-18)22-7-2-3-8-23(22)24/h2-3,7-14,16H,4-6,15H2,1H3. The Bertz CT molecular complexity index is 869. The number of aryl methyl sites for hydroxylation is 2. The minimum absolute atomic E-state index is 0.212. The van der Waals surface area contributed by atoms with Gasteiger partial charge in [-0.05, 0) is 48.6 Å². The van der Waals surface area contributed by atoms with Gasteiger partial charge in [0.05, 0.1) is 0 Å². The number of rotatable bonds is 7. The summed E-state index contributed by atoms with van der Waals surface area (Å²) in [6.45, 7) is 1.93. The van der Waals surface area contributed by atoms with Gasteiger partial charge in [0.1, 0.15) is 11.6 Å². The van der Waals surface area contributed by atoms with Crippen LogP contribution in [0.1, 0.15) is 29.7 Å². The summed E-state index contributed by atoms with van der Waals surface area (Å²) in [5.41, 5.74) is 4.57. The van der Waals surface area contributed by atoms with Crippen molar-refractivity contribution in [2.75, 3.05) is 0 Å². The lowest BCUT2D eigenvalue weighted by Crippen LogP contribution is -2.03. The van der Waals surface area contributed by atoms with Gasteiger partial charge in [0.15, 0.2) is 0 Å². The van der Waals surface area contributed by atoms with E-state index in [1.807, 2.05) is 49.4 Å².